The van der Waals surface area contributed by atoms with E-state index < -0.39 is 34.1 Å². The number of rotatable bonds is 5. The molecule has 0 amide bonds. The van der Waals surface area contributed by atoms with Gasteiger partial charge in [-0.1, -0.05) is 36.4 Å². The van der Waals surface area contributed by atoms with Gasteiger partial charge in [0.1, 0.15) is 11.5 Å². The van der Waals surface area contributed by atoms with Crippen LogP contribution in [0.2, 0.25) is 0 Å². The molecule has 0 fully saturated rings. The van der Waals surface area contributed by atoms with Gasteiger partial charge in [0.2, 0.25) is 0 Å². The van der Waals surface area contributed by atoms with Crippen LogP contribution < -0.4 is 9.47 Å². The van der Waals surface area contributed by atoms with Gasteiger partial charge in [0, 0.05) is 22.2 Å². The third kappa shape index (κ3) is 4.80. The Morgan fingerprint density at radius 2 is 0.868 bits per heavy atom. The van der Waals surface area contributed by atoms with Crippen molar-refractivity contribution in [2.45, 2.75) is 77.5 Å². The first-order valence-corrected chi connectivity index (χ1v) is 12.5. The maximum absolute atomic E-state index is 12.8. The molecule has 0 spiro atoms. The molecule has 2 heterocycles. The van der Waals surface area contributed by atoms with E-state index in [1.165, 1.54) is 0 Å². The van der Waals surface area contributed by atoms with Gasteiger partial charge in [0.25, 0.3) is 0 Å². The summed E-state index contributed by atoms with van der Waals surface area (Å²) in [7, 11) is 0. The average Bonchev–Trinajstić information content (AvgIpc) is 3.12. The molecule has 4 rings (SSSR count). The highest BCUT2D eigenvalue weighted by Gasteiger charge is 2.44. The van der Waals surface area contributed by atoms with Crippen LogP contribution in [0.25, 0.3) is 11.1 Å². The Bertz CT molecular complexity index is 1210. The van der Waals surface area contributed by atoms with Crippen LogP contribution in [0.3, 0.4) is 0 Å². The molecule has 2 aliphatic rings. The van der Waals surface area contributed by atoms with E-state index in [9.17, 15) is 20.0 Å². The van der Waals surface area contributed by atoms with Crippen LogP contribution in [-0.4, -0.2) is 44.2 Å². The SMILES string of the molecule is CC1(C)C=C(C(=O)Oc2ccc(-c3ccc(OC(=O)C4=CC(C)(C)N([O-])C4(C)C)cc3)cc2)C(C)(C)N1[O-]. The molecule has 0 saturated heterocycles. The number of ether oxygens (including phenoxy) is 2. The van der Waals surface area contributed by atoms with E-state index in [0.29, 0.717) is 22.6 Å². The Hall–Kier alpha value is -3.30. The summed E-state index contributed by atoms with van der Waals surface area (Å²) in [6, 6.07) is 14.0. The maximum Gasteiger partial charge on any atom is 0.341 e. The highest BCUT2D eigenvalue weighted by atomic mass is 16.5. The predicted molar refractivity (Wildman–Crippen MR) is 146 cm³/mol. The molecule has 0 atom stereocenters. The van der Waals surface area contributed by atoms with Crippen LogP contribution in [0, 0.1) is 10.4 Å². The molecule has 0 aliphatic carbocycles. The summed E-state index contributed by atoms with van der Waals surface area (Å²) < 4.78 is 11.1. The predicted octanol–water partition coefficient (Wildman–Crippen LogP) is 5.76. The standard InChI is InChI=1S/C30H34N2O6/c1-27(2)17-23(29(5,6)31(27)35)25(33)37-21-13-9-19(10-14-21)20-11-15-22(16-12-20)38-26(34)24-18-28(3,4)32(36)30(24,7)8/h9-18H,1-8H3/q-2. The fraction of sp³-hybridized carbons (Fsp3) is 0.400. The minimum atomic E-state index is -0.986. The van der Waals surface area contributed by atoms with Crippen molar-refractivity contribution in [3.63, 3.8) is 0 Å². The Labute approximate surface area is 223 Å². The highest BCUT2D eigenvalue weighted by Crippen LogP contribution is 2.41. The first-order chi connectivity index (χ1) is 17.5. The fourth-order valence-electron chi connectivity index (χ4n) is 5.21. The normalized spacial score (nSPS) is 21.5. The highest BCUT2D eigenvalue weighted by molar-refractivity contribution is 5.94. The van der Waals surface area contributed by atoms with Crippen molar-refractivity contribution in [2.75, 3.05) is 0 Å². The van der Waals surface area contributed by atoms with E-state index in [0.717, 1.165) is 21.3 Å². The number of hydrogen-bond acceptors (Lipinski definition) is 8. The van der Waals surface area contributed by atoms with Gasteiger partial charge < -0.3 is 30.0 Å². The van der Waals surface area contributed by atoms with Crippen molar-refractivity contribution < 1.29 is 19.1 Å². The van der Waals surface area contributed by atoms with Crippen molar-refractivity contribution in [2.24, 2.45) is 0 Å². The number of hydrogen-bond donors (Lipinski definition) is 0. The summed E-state index contributed by atoms with van der Waals surface area (Å²) in [6.07, 6.45) is 3.32. The zero-order valence-electron chi connectivity index (χ0n) is 23.1. The quantitative estimate of drug-likeness (QED) is 0.363. The molecule has 2 aliphatic heterocycles. The van der Waals surface area contributed by atoms with Crippen molar-refractivity contribution >= 4 is 11.9 Å². The van der Waals surface area contributed by atoms with Gasteiger partial charge in [-0.25, -0.2) is 9.59 Å². The molecular formula is C30H34N2O6-2. The number of hydroxylamine groups is 4. The van der Waals surface area contributed by atoms with E-state index in [1.54, 1.807) is 91.8 Å². The van der Waals surface area contributed by atoms with Crippen molar-refractivity contribution in [3.05, 3.63) is 82.2 Å². The second kappa shape index (κ2) is 9.17. The van der Waals surface area contributed by atoms with Crippen LogP contribution in [0.5, 0.6) is 11.5 Å². The van der Waals surface area contributed by atoms with Crippen LogP contribution in [0.4, 0.5) is 0 Å². The molecule has 0 N–H and O–H groups in total. The Balaban J connectivity index is 1.42. The smallest absolute Gasteiger partial charge is 0.341 e. The second-order valence-electron chi connectivity index (χ2n) is 12.0. The Kier molecular flexibility index (Phi) is 6.69. The summed E-state index contributed by atoms with van der Waals surface area (Å²) in [5.74, 6) is -0.370. The number of carbonyl (C=O) groups is 2. The summed E-state index contributed by atoms with van der Waals surface area (Å²) in [5.41, 5.74) is -1.15. The molecule has 0 unspecified atom stereocenters. The minimum absolute atomic E-state index is 0.329. The molecule has 8 heteroatoms. The first kappa shape index (κ1) is 27.7. The number of esters is 2. The third-order valence-electron chi connectivity index (χ3n) is 7.28. The Morgan fingerprint density at radius 3 is 1.11 bits per heavy atom. The van der Waals surface area contributed by atoms with Gasteiger partial charge in [-0.15, -0.1) is 0 Å². The molecule has 8 nitrogen and oxygen atoms in total. The van der Waals surface area contributed by atoms with E-state index in [1.807, 2.05) is 24.3 Å². The van der Waals surface area contributed by atoms with Crippen LogP contribution >= 0.6 is 0 Å². The minimum Gasteiger partial charge on any atom is -0.784 e. The largest absolute Gasteiger partial charge is 0.784 e. The molecular weight excluding hydrogens is 484 g/mol. The number of nitrogens with zero attached hydrogens (tertiary/aromatic N) is 2. The maximum atomic E-state index is 12.8. The molecule has 0 bridgehead atoms. The molecule has 2 aromatic rings. The zero-order chi connectivity index (χ0) is 28.3. The van der Waals surface area contributed by atoms with Gasteiger partial charge in [0.15, 0.2) is 0 Å². The second-order valence-corrected chi connectivity index (χ2v) is 12.0. The molecule has 0 radical (unpaired) electrons. The van der Waals surface area contributed by atoms with Gasteiger partial charge in [-0.2, -0.15) is 0 Å². The van der Waals surface area contributed by atoms with Gasteiger partial charge in [-0.3, -0.25) is 0 Å². The average molecular weight is 519 g/mol. The van der Waals surface area contributed by atoms with Crippen LogP contribution in [0.1, 0.15) is 55.4 Å². The van der Waals surface area contributed by atoms with Crippen molar-refractivity contribution in [3.8, 4) is 22.6 Å². The van der Waals surface area contributed by atoms with Gasteiger partial charge in [0.05, 0.1) is 11.1 Å². The summed E-state index contributed by atoms with van der Waals surface area (Å²) in [6.45, 7) is 13.9. The van der Waals surface area contributed by atoms with Gasteiger partial charge in [-0.05, 0) is 90.8 Å². The van der Waals surface area contributed by atoms with Crippen LogP contribution in [0.15, 0.2) is 71.8 Å². The number of carbonyl (C=O) groups excluding carboxylic acids is 2. The molecule has 0 aromatic heterocycles. The number of benzene rings is 2. The molecule has 2 aromatic carbocycles. The van der Waals surface area contributed by atoms with E-state index in [4.69, 9.17) is 9.47 Å². The first-order valence-electron chi connectivity index (χ1n) is 12.5. The van der Waals surface area contributed by atoms with E-state index >= 15 is 0 Å². The monoisotopic (exact) mass is 518 g/mol. The fourth-order valence-corrected chi connectivity index (χ4v) is 5.21. The van der Waals surface area contributed by atoms with Crippen molar-refractivity contribution in [1.29, 1.82) is 0 Å². The topological polar surface area (TPSA) is 105 Å². The van der Waals surface area contributed by atoms with Crippen LogP contribution in [-0.2, 0) is 9.59 Å². The lowest BCUT2D eigenvalue weighted by Gasteiger charge is -2.47. The lowest BCUT2D eigenvalue weighted by molar-refractivity contribution is -0.132. The zero-order valence-corrected chi connectivity index (χ0v) is 23.1. The summed E-state index contributed by atoms with van der Waals surface area (Å²) in [4.78, 5) is 25.6. The van der Waals surface area contributed by atoms with Gasteiger partial charge >= 0.3 is 11.9 Å². The Morgan fingerprint density at radius 1 is 0.579 bits per heavy atom. The lowest BCUT2D eigenvalue weighted by Crippen LogP contribution is -2.47. The summed E-state index contributed by atoms with van der Waals surface area (Å²) >= 11 is 0. The third-order valence-corrected chi connectivity index (χ3v) is 7.28. The molecule has 202 valence electrons. The lowest BCUT2D eigenvalue weighted by atomic mass is 9.97. The van der Waals surface area contributed by atoms with Crippen molar-refractivity contribution in [1.82, 2.24) is 10.1 Å². The molecule has 0 saturated carbocycles. The molecule has 38 heavy (non-hydrogen) atoms. The van der Waals surface area contributed by atoms with E-state index in [-0.39, 0.29) is 0 Å². The summed E-state index contributed by atoms with van der Waals surface area (Å²) in [5, 5.41) is 26.9. The van der Waals surface area contributed by atoms with E-state index in [2.05, 4.69) is 0 Å².